The maximum atomic E-state index is 13.4. The molecule has 2 saturated heterocycles. The number of halogens is 1. The van der Waals surface area contributed by atoms with Crippen molar-refractivity contribution in [2.75, 3.05) is 36.0 Å². The van der Waals surface area contributed by atoms with Crippen molar-refractivity contribution < 1.29 is 13.6 Å². The maximum Gasteiger partial charge on any atom is 0.270 e. The zero-order valence-corrected chi connectivity index (χ0v) is 22.4. The number of furan rings is 1. The van der Waals surface area contributed by atoms with E-state index in [1.165, 1.54) is 33.4 Å². The topological polar surface area (TPSA) is 85.7 Å². The van der Waals surface area contributed by atoms with Gasteiger partial charge in [0, 0.05) is 44.5 Å². The van der Waals surface area contributed by atoms with Gasteiger partial charge in [-0.3, -0.25) is 19.1 Å². The molecule has 2 aliphatic heterocycles. The van der Waals surface area contributed by atoms with E-state index >= 15 is 0 Å². The fourth-order valence-corrected chi connectivity index (χ4v) is 5.99. The van der Waals surface area contributed by atoms with Crippen LogP contribution in [0.3, 0.4) is 0 Å². The fraction of sp³-hybridized carbons (Fsp3) is 0.259. The Labute approximate surface area is 228 Å². The van der Waals surface area contributed by atoms with Crippen LogP contribution in [0.1, 0.15) is 22.5 Å². The number of anilines is 2. The highest BCUT2D eigenvalue weighted by Gasteiger charge is 2.34. The first-order chi connectivity index (χ1) is 18.3. The lowest BCUT2D eigenvalue weighted by molar-refractivity contribution is -0.122. The Balaban J connectivity index is 1.49. The monoisotopic (exact) mass is 549 g/mol. The SMILES string of the molecule is Cc1c(/C=C2/SC(=S)N(Cc3ccco3)C2=O)c(N2CCN(c3ccc(F)cc3)CC2)n(C)c(=O)c1C#N. The zero-order valence-electron chi connectivity index (χ0n) is 20.8. The molecule has 2 aliphatic rings. The lowest BCUT2D eigenvalue weighted by Gasteiger charge is -2.38. The number of pyridine rings is 1. The molecule has 2 aromatic heterocycles. The average molecular weight is 550 g/mol. The van der Waals surface area contributed by atoms with Crippen molar-refractivity contribution in [3.05, 3.63) is 86.2 Å². The van der Waals surface area contributed by atoms with Crippen molar-refractivity contribution in [1.82, 2.24) is 9.47 Å². The van der Waals surface area contributed by atoms with E-state index in [1.54, 1.807) is 50.6 Å². The number of nitrogens with zero attached hydrogens (tertiary/aromatic N) is 5. The molecule has 194 valence electrons. The standard InChI is InChI=1S/C27H24FN5O3S2/c1-17-21(14-23-26(35)33(27(37)38-23)16-20-4-3-13-36-20)24(30(2)25(34)22(17)15-29)32-11-9-31(10-12-32)19-7-5-18(28)6-8-19/h3-8,13-14H,9-12,16H2,1-2H3/b23-14+. The molecule has 1 aromatic carbocycles. The first-order valence-corrected chi connectivity index (χ1v) is 13.2. The van der Waals surface area contributed by atoms with E-state index < -0.39 is 0 Å². The van der Waals surface area contributed by atoms with Crippen LogP contribution < -0.4 is 15.4 Å². The molecule has 1 amide bonds. The molecule has 0 N–H and O–H groups in total. The molecule has 0 atom stereocenters. The second kappa shape index (κ2) is 10.5. The van der Waals surface area contributed by atoms with Crippen LogP contribution in [-0.2, 0) is 18.4 Å². The highest BCUT2D eigenvalue weighted by Crippen LogP contribution is 2.36. The van der Waals surface area contributed by atoms with Crippen LogP contribution in [0.5, 0.6) is 0 Å². The second-order valence-corrected chi connectivity index (χ2v) is 10.7. The van der Waals surface area contributed by atoms with E-state index in [0.29, 0.717) is 58.1 Å². The first-order valence-electron chi connectivity index (χ1n) is 12.0. The van der Waals surface area contributed by atoms with Gasteiger partial charge in [0.25, 0.3) is 11.5 Å². The summed E-state index contributed by atoms with van der Waals surface area (Å²) in [4.78, 5) is 32.5. The smallest absolute Gasteiger partial charge is 0.270 e. The van der Waals surface area contributed by atoms with Crippen molar-refractivity contribution >= 4 is 51.8 Å². The summed E-state index contributed by atoms with van der Waals surface area (Å²) in [6.45, 7) is 4.45. The van der Waals surface area contributed by atoms with Crippen LogP contribution in [0.2, 0.25) is 0 Å². The van der Waals surface area contributed by atoms with Crippen molar-refractivity contribution in [3.63, 3.8) is 0 Å². The van der Waals surface area contributed by atoms with E-state index in [0.717, 1.165) is 5.69 Å². The second-order valence-electron chi connectivity index (χ2n) is 9.01. The lowest BCUT2D eigenvalue weighted by atomic mass is 10.0. The number of nitriles is 1. The van der Waals surface area contributed by atoms with E-state index in [-0.39, 0.29) is 29.4 Å². The minimum Gasteiger partial charge on any atom is -0.467 e. The number of benzene rings is 1. The largest absolute Gasteiger partial charge is 0.467 e. The van der Waals surface area contributed by atoms with Crippen molar-refractivity contribution in [1.29, 1.82) is 5.26 Å². The molecule has 11 heteroatoms. The molecular formula is C27H24FN5O3S2. The van der Waals surface area contributed by atoms with E-state index in [1.807, 2.05) is 6.07 Å². The third-order valence-electron chi connectivity index (χ3n) is 6.78. The molecule has 0 radical (unpaired) electrons. The van der Waals surface area contributed by atoms with E-state index in [9.17, 15) is 19.2 Å². The molecule has 4 heterocycles. The quantitative estimate of drug-likeness (QED) is 0.349. The molecule has 2 fully saturated rings. The summed E-state index contributed by atoms with van der Waals surface area (Å²) in [6, 6.07) is 11.9. The van der Waals surface area contributed by atoms with Gasteiger partial charge in [-0.25, -0.2) is 4.39 Å². The number of hydrogen-bond donors (Lipinski definition) is 0. The van der Waals surface area contributed by atoms with Gasteiger partial charge in [0.2, 0.25) is 0 Å². The molecular weight excluding hydrogens is 525 g/mol. The number of piperazine rings is 1. The van der Waals surface area contributed by atoms with Gasteiger partial charge in [-0.1, -0.05) is 24.0 Å². The predicted molar refractivity (Wildman–Crippen MR) is 149 cm³/mol. The fourth-order valence-electron chi connectivity index (χ4n) is 4.75. The zero-order chi connectivity index (χ0) is 27.0. The maximum absolute atomic E-state index is 13.4. The van der Waals surface area contributed by atoms with E-state index in [2.05, 4.69) is 9.80 Å². The Hall–Kier alpha value is -3.88. The molecule has 0 bridgehead atoms. The van der Waals surface area contributed by atoms with Gasteiger partial charge in [-0.05, 0) is 55.0 Å². The number of carbonyl (C=O) groups is 1. The first kappa shape index (κ1) is 25.8. The Kier molecular flexibility index (Phi) is 7.10. The number of hydrogen-bond acceptors (Lipinski definition) is 8. The number of carbonyl (C=O) groups excluding carboxylic acids is 1. The minimum atomic E-state index is -0.386. The van der Waals surface area contributed by atoms with Gasteiger partial charge in [0.05, 0.1) is 17.7 Å². The number of thiocarbonyl (C=S) groups is 1. The van der Waals surface area contributed by atoms with Gasteiger partial charge in [-0.15, -0.1) is 0 Å². The number of rotatable bonds is 5. The molecule has 0 spiro atoms. The average Bonchev–Trinajstić information content (AvgIpc) is 3.52. The van der Waals surface area contributed by atoms with Gasteiger partial charge in [0.15, 0.2) is 0 Å². The molecule has 0 unspecified atom stereocenters. The molecule has 38 heavy (non-hydrogen) atoms. The Morgan fingerprint density at radius 2 is 1.82 bits per heavy atom. The summed E-state index contributed by atoms with van der Waals surface area (Å²) in [5.41, 5.74) is 1.73. The van der Waals surface area contributed by atoms with Crippen LogP contribution in [0, 0.1) is 24.1 Å². The van der Waals surface area contributed by atoms with Crippen LogP contribution in [0.25, 0.3) is 6.08 Å². The van der Waals surface area contributed by atoms with Gasteiger partial charge < -0.3 is 14.2 Å². The number of amides is 1. The van der Waals surface area contributed by atoms with Crippen molar-refractivity contribution in [3.8, 4) is 6.07 Å². The summed E-state index contributed by atoms with van der Waals surface area (Å²) in [6.07, 6.45) is 3.28. The van der Waals surface area contributed by atoms with Crippen LogP contribution in [0.15, 0.2) is 56.8 Å². The Morgan fingerprint density at radius 1 is 1.13 bits per heavy atom. The normalized spacial score (nSPS) is 17.0. The molecule has 0 aliphatic carbocycles. The summed E-state index contributed by atoms with van der Waals surface area (Å²) in [5, 5.41) is 9.73. The molecule has 8 nitrogen and oxygen atoms in total. The highest BCUT2D eigenvalue weighted by molar-refractivity contribution is 8.26. The number of aromatic nitrogens is 1. The van der Waals surface area contributed by atoms with Gasteiger partial charge in [-0.2, -0.15) is 5.26 Å². The van der Waals surface area contributed by atoms with Crippen LogP contribution in [0.4, 0.5) is 15.9 Å². The van der Waals surface area contributed by atoms with E-state index in [4.69, 9.17) is 16.6 Å². The number of thioether (sulfide) groups is 1. The summed E-state index contributed by atoms with van der Waals surface area (Å²) >= 11 is 6.66. The minimum absolute atomic E-state index is 0.0403. The van der Waals surface area contributed by atoms with Gasteiger partial charge in [0.1, 0.15) is 33.3 Å². The van der Waals surface area contributed by atoms with Crippen LogP contribution >= 0.6 is 24.0 Å². The predicted octanol–water partition coefficient (Wildman–Crippen LogP) is 4.03. The highest BCUT2D eigenvalue weighted by atomic mass is 32.2. The Bertz CT molecular complexity index is 1530. The van der Waals surface area contributed by atoms with Gasteiger partial charge >= 0.3 is 0 Å². The Morgan fingerprint density at radius 3 is 2.45 bits per heavy atom. The van der Waals surface area contributed by atoms with Crippen molar-refractivity contribution in [2.24, 2.45) is 7.05 Å². The summed E-state index contributed by atoms with van der Waals surface area (Å²) in [5.74, 6) is 0.721. The third kappa shape index (κ3) is 4.73. The molecule has 5 rings (SSSR count). The third-order valence-corrected chi connectivity index (χ3v) is 8.16. The van der Waals surface area contributed by atoms with Crippen molar-refractivity contribution in [2.45, 2.75) is 13.5 Å². The summed E-state index contributed by atoms with van der Waals surface area (Å²) < 4.78 is 20.6. The van der Waals surface area contributed by atoms with Crippen LogP contribution in [-0.4, -0.2) is 45.9 Å². The molecule has 0 saturated carbocycles. The summed E-state index contributed by atoms with van der Waals surface area (Å²) in [7, 11) is 1.64. The lowest BCUT2D eigenvalue weighted by Crippen LogP contribution is -2.48. The molecule has 3 aromatic rings.